The molecule has 22 heavy (non-hydrogen) atoms. The van der Waals surface area contributed by atoms with Gasteiger partial charge in [0.2, 0.25) is 5.91 Å². The zero-order valence-corrected chi connectivity index (χ0v) is 12.6. The lowest BCUT2D eigenvalue weighted by atomic mass is 10.2. The normalized spacial score (nSPS) is 14.7. The van der Waals surface area contributed by atoms with Gasteiger partial charge in [0.1, 0.15) is 12.4 Å². The van der Waals surface area contributed by atoms with Crippen molar-refractivity contribution in [2.75, 3.05) is 11.6 Å². The molecule has 0 aliphatic carbocycles. The van der Waals surface area contributed by atoms with Gasteiger partial charge in [0.25, 0.3) is 0 Å². The number of nitrogens with one attached hydrogen (secondary N) is 2. The van der Waals surface area contributed by atoms with Gasteiger partial charge in [-0.25, -0.2) is 25.1 Å². The minimum atomic E-state index is -1.21. The molecule has 2 heterocycles. The van der Waals surface area contributed by atoms with Crippen LogP contribution in [-0.2, 0) is 4.79 Å². The number of amides is 3. The minimum absolute atomic E-state index is 0.128. The number of aliphatic hydroxyl groups is 1. The van der Waals surface area contributed by atoms with Gasteiger partial charge >= 0.3 is 6.03 Å². The lowest BCUT2D eigenvalue weighted by Crippen LogP contribution is -2.50. The van der Waals surface area contributed by atoms with Gasteiger partial charge < -0.3 is 10.8 Å². The van der Waals surface area contributed by atoms with Crippen molar-refractivity contribution in [2.24, 2.45) is 10.7 Å². The Bertz CT molecular complexity index is 634. The number of nitrogens with two attached hydrogens (primary N) is 1. The van der Waals surface area contributed by atoms with E-state index < -0.39 is 24.1 Å². The first-order valence-electron chi connectivity index (χ1n) is 6.17. The van der Waals surface area contributed by atoms with Crippen molar-refractivity contribution >= 4 is 47.4 Å². The van der Waals surface area contributed by atoms with Crippen molar-refractivity contribution in [1.82, 2.24) is 20.6 Å². The van der Waals surface area contributed by atoms with Crippen LogP contribution in [0.25, 0.3) is 0 Å². The Hall–Kier alpha value is -2.24. The van der Waals surface area contributed by atoms with Gasteiger partial charge in [-0.2, -0.15) is 0 Å². The third kappa shape index (κ3) is 3.50. The number of hydrogen-bond acceptors (Lipinski definition) is 8. The number of urea groups is 1. The van der Waals surface area contributed by atoms with Gasteiger partial charge in [-0.05, 0) is 13.2 Å². The molecule has 3 amide bonds. The van der Waals surface area contributed by atoms with Crippen LogP contribution in [0.4, 0.5) is 22.1 Å². The zero-order chi connectivity index (χ0) is 16.3. The van der Waals surface area contributed by atoms with E-state index in [1.54, 1.807) is 6.26 Å². The number of thioether (sulfide) groups is 1. The molecule has 1 aromatic rings. The summed E-state index contributed by atoms with van der Waals surface area (Å²) in [6, 6.07) is -2.05. The van der Waals surface area contributed by atoms with E-state index in [4.69, 9.17) is 5.73 Å². The molecule has 0 saturated heterocycles. The molecule has 11 heteroatoms. The number of carbonyl (C=O) groups excluding carboxylic acids is 2. The number of aromatic nitrogens is 2. The first kappa shape index (κ1) is 16.1. The fourth-order valence-electron chi connectivity index (χ4n) is 1.50. The Balaban J connectivity index is 2.11. The van der Waals surface area contributed by atoms with Crippen molar-refractivity contribution in [3.63, 3.8) is 0 Å². The fraction of sp³-hybridized carbons (Fsp3) is 0.364. The van der Waals surface area contributed by atoms with Crippen LogP contribution < -0.4 is 21.7 Å². The third-order valence-corrected chi connectivity index (χ3v) is 3.23. The Kier molecular flexibility index (Phi) is 4.90. The highest BCUT2D eigenvalue weighted by Gasteiger charge is 2.23. The number of nitrogens with zero attached hydrogens (tertiary/aromatic N) is 4. The summed E-state index contributed by atoms with van der Waals surface area (Å²) in [6.07, 6.45) is 1.98. The van der Waals surface area contributed by atoms with Crippen LogP contribution in [0.3, 0.4) is 0 Å². The highest BCUT2D eigenvalue weighted by Crippen LogP contribution is 2.34. The molecular weight excluding hydrogens is 310 g/mol. The van der Waals surface area contributed by atoms with Crippen molar-refractivity contribution < 1.29 is 14.7 Å². The van der Waals surface area contributed by atoms with E-state index in [2.05, 4.69) is 25.6 Å². The molecule has 1 aliphatic rings. The van der Waals surface area contributed by atoms with E-state index >= 15 is 0 Å². The van der Waals surface area contributed by atoms with Crippen LogP contribution in [0.15, 0.2) is 10.1 Å². The largest absolute Gasteiger partial charge is 0.391 e. The van der Waals surface area contributed by atoms with E-state index in [0.29, 0.717) is 16.7 Å². The highest BCUT2D eigenvalue weighted by atomic mass is 32.2. The third-order valence-electron chi connectivity index (χ3n) is 2.69. The number of rotatable bonds is 4. The summed E-state index contributed by atoms with van der Waals surface area (Å²) in [7, 11) is 0. The van der Waals surface area contributed by atoms with E-state index in [0.717, 1.165) is 0 Å². The van der Waals surface area contributed by atoms with Crippen molar-refractivity contribution in [2.45, 2.75) is 24.2 Å². The Morgan fingerprint density at radius 3 is 2.77 bits per heavy atom. The van der Waals surface area contributed by atoms with Gasteiger partial charge in [0.15, 0.2) is 22.5 Å². The highest BCUT2D eigenvalue weighted by molar-refractivity contribution is 7.98. The van der Waals surface area contributed by atoms with Crippen molar-refractivity contribution in [3.05, 3.63) is 0 Å². The summed E-state index contributed by atoms with van der Waals surface area (Å²) in [6.45, 7) is 1.35. The van der Waals surface area contributed by atoms with Crippen LogP contribution in [-0.4, -0.2) is 51.8 Å². The Labute approximate surface area is 130 Å². The van der Waals surface area contributed by atoms with Crippen LogP contribution in [0, 0.1) is 0 Å². The summed E-state index contributed by atoms with van der Waals surface area (Å²) in [5.74, 6) is -0.346. The summed E-state index contributed by atoms with van der Waals surface area (Å²) in [4.78, 5) is 35.6. The number of carbonyl (C=O) groups is 2. The van der Waals surface area contributed by atoms with Gasteiger partial charge in [-0.15, -0.1) is 0 Å². The van der Waals surface area contributed by atoms with Crippen LogP contribution in [0.1, 0.15) is 6.92 Å². The van der Waals surface area contributed by atoms with Crippen LogP contribution >= 0.6 is 11.8 Å². The Morgan fingerprint density at radius 2 is 2.14 bits per heavy atom. The topological polar surface area (TPSA) is 157 Å². The second-order valence-corrected chi connectivity index (χ2v) is 5.09. The van der Waals surface area contributed by atoms with Crippen LogP contribution in [0.5, 0.6) is 0 Å². The molecule has 2 atom stereocenters. The lowest BCUT2D eigenvalue weighted by molar-refractivity contribution is -0.123. The molecule has 10 nitrogen and oxygen atoms in total. The summed E-state index contributed by atoms with van der Waals surface area (Å²) in [5.41, 5.74) is 5.73. The summed E-state index contributed by atoms with van der Waals surface area (Å²) in [5, 5.41) is 18.0. The van der Waals surface area contributed by atoms with E-state index in [-0.39, 0.29) is 5.82 Å². The van der Waals surface area contributed by atoms with Gasteiger partial charge in [-0.1, -0.05) is 11.8 Å². The zero-order valence-electron chi connectivity index (χ0n) is 11.8. The van der Waals surface area contributed by atoms with E-state index in [1.165, 1.54) is 25.0 Å². The second-order valence-electron chi connectivity index (χ2n) is 4.31. The van der Waals surface area contributed by atoms with Crippen molar-refractivity contribution in [1.29, 1.82) is 0 Å². The fourth-order valence-corrected chi connectivity index (χ4v) is 1.87. The van der Waals surface area contributed by atoms with Gasteiger partial charge in [0, 0.05) is 0 Å². The quantitative estimate of drug-likeness (QED) is 0.428. The minimum Gasteiger partial charge on any atom is -0.391 e. The number of anilines is 1. The molecule has 1 aromatic heterocycles. The molecular formula is C11H14N7O3S. The number of aliphatic imine (C=N–C) groups is 1. The van der Waals surface area contributed by atoms with E-state index in [1.807, 2.05) is 5.32 Å². The van der Waals surface area contributed by atoms with Crippen molar-refractivity contribution in [3.8, 4) is 0 Å². The number of imide groups is 1. The average Bonchev–Trinajstić information content (AvgIpc) is 2.94. The monoisotopic (exact) mass is 324 g/mol. The molecule has 0 aromatic carbocycles. The maximum absolute atomic E-state index is 11.8. The maximum Gasteiger partial charge on any atom is 0.327 e. The maximum atomic E-state index is 11.8. The molecule has 0 spiro atoms. The van der Waals surface area contributed by atoms with E-state index in [9.17, 15) is 14.7 Å². The molecule has 1 radical (unpaired) electrons. The first-order chi connectivity index (χ1) is 10.4. The van der Waals surface area contributed by atoms with Crippen LogP contribution in [0.2, 0.25) is 0 Å². The van der Waals surface area contributed by atoms with Gasteiger partial charge in [0.05, 0.1) is 6.10 Å². The Morgan fingerprint density at radius 1 is 1.41 bits per heavy atom. The smallest absolute Gasteiger partial charge is 0.327 e. The predicted molar refractivity (Wildman–Crippen MR) is 80.6 cm³/mol. The molecule has 5 N–H and O–H groups in total. The van der Waals surface area contributed by atoms with Gasteiger partial charge in [-0.3, -0.25) is 15.4 Å². The molecule has 0 unspecified atom stereocenters. The SMILES string of the molecule is CSc1nc2c(c(NC(=O)NC(=O)[C@@H](N)[C@@H](C)O)n1)N=C[N]2. The molecule has 0 bridgehead atoms. The molecule has 2 rings (SSSR count). The molecule has 0 saturated carbocycles. The lowest BCUT2D eigenvalue weighted by Gasteiger charge is -2.14. The number of hydrogen-bond donors (Lipinski definition) is 4. The number of fused-ring (bicyclic) bond motifs is 1. The second kappa shape index (κ2) is 6.68. The first-order valence-corrected chi connectivity index (χ1v) is 7.39. The molecule has 117 valence electrons. The molecule has 1 aliphatic heterocycles. The molecule has 0 fully saturated rings. The average molecular weight is 324 g/mol. The standard InChI is InChI=1S/C11H14N7O3S/c1-4(19)5(12)9(20)18-10(21)15-8-6-7(14-3-13-6)16-11(17-8)22-2/h3-5,19H,12H2,1-2H3,(H2,15,16,17,18,20,21)/t4-,5+/m1/s1. The summed E-state index contributed by atoms with van der Waals surface area (Å²) >= 11 is 1.27. The number of aliphatic hydroxyl groups excluding tert-OH is 1. The predicted octanol–water partition coefficient (Wildman–Crippen LogP) is -0.536. The summed E-state index contributed by atoms with van der Waals surface area (Å²) < 4.78 is 0.